The molecule has 1 aliphatic carbocycles. The number of nitrogens with zero attached hydrogens (tertiary/aromatic N) is 2. The average Bonchev–Trinajstić information content (AvgIpc) is 3.12. The van der Waals surface area contributed by atoms with E-state index in [1.165, 1.54) is 31.2 Å². The number of benzene rings is 1. The smallest absolute Gasteiger partial charge is 0.0856 e. The maximum Gasteiger partial charge on any atom is 0.0856 e. The third kappa shape index (κ3) is 3.31. The summed E-state index contributed by atoms with van der Waals surface area (Å²) in [6, 6.07) is 8.70. The normalized spacial score (nSPS) is 17.3. The van der Waals surface area contributed by atoms with E-state index < -0.39 is 6.10 Å². The molecule has 4 heteroatoms. The van der Waals surface area contributed by atoms with Crippen molar-refractivity contribution in [3.8, 4) is 0 Å². The Hall–Kier alpha value is -0.880. The van der Waals surface area contributed by atoms with Crippen LogP contribution in [0.5, 0.6) is 0 Å². The number of aliphatic hydroxyl groups is 1. The second-order valence-corrected chi connectivity index (χ2v) is 7.00. The van der Waals surface area contributed by atoms with Gasteiger partial charge in [-0.2, -0.15) is 5.10 Å². The summed E-state index contributed by atoms with van der Waals surface area (Å²) < 4.78 is 3.24. The molecule has 1 atom stereocenters. The van der Waals surface area contributed by atoms with Crippen LogP contribution in [0.2, 0.25) is 0 Å². The molecule has 1 saturated carbocycles. The predicted molar refractivity (Wildman–Crippen MR) is 92.3 cm³/mol. The lowest BCUT2D eigenvalue weighted by molar-refractivity contribution is 0.176. The van der Waals surface area contributed by atoms with Crippen LogP contribution in [-0.2, 0) is 6.42 Å². The fourth-order valence-corrected chi connectivity index (χ4v) is 3.81. The van der Waals surface area contributed by atoms with E-state index in [1.807, 2.05) is 18.2 Å². The van der Waals surface area contributed by atoms with Crippen LogP contribution >= 0.6 is 22.6 Å². The van der Waals surface area contributed by atoms with Crippen LogP contribution in [0.25, 0.3) is 0 Å². The van der Waals surface area contributed by atoms with E-state index in [1.54, 1.807) is 0 Å². The Labute approximate surface area is 139 Å². The topological polar surface area (TPSA) is 38.0 Å². The van der Waals surface area contributed by atoms with Crippen LogP contribution in [0.1, 0.15) is 54.6 Å². The summed E-state index contributed by atoms with van der Waals surface area (Å²) in [7, 11) is 0. The molecule has 0 spiro atoms. The fraction of sp³-hybridized carbons (Fsp3) is 0.471. The van der Waals surface area contributed by atoms with E-state index in [-0.39, 0.29) is 0 Å². The summed E-state index contributed by atoms with van der Waals surface area (Å²) in [5, 5.41) is 15.2. The highest BCUT2D eigenvalue weighted by molar-refractivity contribution is 14.1. The van der Waals surface area contributed by atoms with E-state index in [9.17, 15) is 5.11 Å². The lowest BCUT2D eigenvalue weighted by Crippen LogP contribution is -2.08. The third-order valence-electron chi connectivity index (χ3n) is 4.35. The van der Waals surface area contributed by atoms with Crippen LogP contribution in [0, 0.1) is 10.5 Å². The van der Waals surface area contributed by atoms with Gasteiger partial charge in [-0.25, -0.2) is 0 Å². The fourth-order valence-electron chi connectivity index (χ4n) is 3.09. The van der Waals surface area contributed by atoms with Gasteiger partial charge in [-0.15, -0.1) is 0 Å². The highest BCUT2D eigenvalue weighted by atomic mass is 127. The van der Waals surface area contributed by atoms with Gasteiger partial charge in [0.05, 0.1) is 17.8 Å². The van der Waals surface area contributed by atoms with Crippen molar-refractivity contribution in [1.29, 1.82) is 0 Å². The summed E-state index contributed by atoms with van der Waals surface area (Å²) in [6.45, 7) is 2.08. The van der Waals surface area contributed by atoms with E-state index in [2.05, 4.69) is 51.6 Å². The van der Waals surface area contributed by atoms with Crippen molar-refractivity contribution in [2.75, 3.05) is 0 Å². The van der Waals surface area contributed by atoms with Crippen molar-refractivity contribution < 1.29 is 5.11 Å². The molecule has 1 aliphatic rings. The van der Waals surface area contributed by atoms with Crippen LogP contribution in [0.4, 0.5) is 0 Å². The summed E-state index contributed by atoms with van der Waals surface area (Å²) in [5.41, 5.74) is 3.20. The van der Waals surface area contributed by atoms with Crippen molar-refractivity contribution in [2.24, 2.45) is 0 Å². The molecule has 0 saturated heterocycles. The first kappa shape index (κ1) is 15.0. The number of rotatable bonds is 4. The van der Waals surface area contributed by atoms with Crippen molar-refractivity contribution in [2.45, 2.75) is 51.2 Å². The molecule has 2 aromatic rings. The van der Waals surface area contributed by atoms with Gasteiger partial charge in [-0.1, -0.05) is 31.0 Å². The lowest BCUT2D eigenvalue weighted by Gasteiger charge is -2.13. The molecule has 0 aliphatic heterocycles. The SMILES string of the molecule is Cc1cccc(C(O)Cc2ccn(C3CCCC3)n2)c1I. The summed E-state index contributed by atoms with van der Waals surface area (Å²) >= 11 is 2.31. The first-order valence-electron chi connectivity index (χ1n) is 7.62. The first-order chi connectivity index (χ1) is 10.1. The van der Waals surface area contributed by atoms with Gasteiger partial charge in [-0.3, -0.25) is 4.68 Å². The van der Waals surface area contributed by atoms with E-state index in [4.69, 9.17) is 0 Å². The Morgan fingerprint density at radius 3 is 2.86 bits per heavy atom. The zero-order chi connectivity index (χ0) is 14.8. The highest BCUT2D eigenvalue weighted by Crippen LogP contribution is 2.29. The molecule has 112 valence electrons. The largest absolute Gasteiger partial charge is 0.388 e. The quantitative estimate of drug-likeness (QED) is 0.788. The number of hydrogen-bond acceptors (Lipinski definition) is 2. The van der Waals surface area contributed by atoms with E-state index in [0.29, 0.717) is 12.5 Å². The molecule has 1 N–H and O–H groups in total. The minimum Gasteiger partial charge on any atom is -0.388 e. The summed E-state index contributed by atoms with van der Waals surface area (Å²) in [5.74, 6) is 0. The maximum atomic E-state index is 10.5. The van der Waals surface area contributed by atoms with Crippen LogP contribution in [0.15, 0.2) is 30.5 Å². The van der Waals surface area contributed by atoms with Gasteiger partial charge in [0, 0.05) is 16.2 Å². The number of aromatic nitrogens is 2. The van der Waals surface area contributed by atoms with Crippen LogP contribution in [-0.4, -0.2) is 14.9 Å². The molecule has 21 heavy (non-hydrogen) atoms. The maximum absolute atomic E-state index is 10.5. The lowest BCUT2D eigenvalue weighted by atomic mass is 10.0. The van der Waals surface area contributed by atoms with Gasteiger partial charge in [-0.05, 0) is 59.5 Å². The molecule has 1 aromatic carbocycles. The van der Waals surface area contributed by atoms with Crippen molar-refractivity contribution >= 4 is 22.6 Å². The molecule has 3 nitrogen and oxygen atoms in total. The van der Waals surface area contributed by atoms with Crippen molar-refractivity contribution in [3.63, 3.8) is 0 Å². The Morgan fingerprint density at radius 1 is 1.33 bits per heavy atom. The standard InChI is InChI=1S/C17H21IN2O/c1-12-5-4-8-15(17(12)18)16(21)11-13-9-10-20(19-13)14-6-2-3-7-14/h4-5,8-10,14,16,21H,2-3,6-7,11H2,1H3. The first-order valence-corrected chi connectivity index (χ1v) is 8.70. The minimum absolute atomic E-state index is 0.483. The van der Waals surface area contributed by atoms with Gasteiger partial charge in [0.1, 0.15) is 0 Å². The predicted octanol–water partition coefficient (Wildman–Crippen LogP) is 4.19. The second-order valence-electron chi connectivity index (χ2n) is 5.92. The molecule has 1 aromatic heterocycles. The molecule has 3 rings (SSSR count). The Morgan fingerprint density at radius 2 is 2.10 bits per heavy atom. The molecule has 0 radical (unpaired) electrons. The molecule has 0 bridgehead atoms. The zero-order valence-corrected chi connectivity index (χ0v) is 14.5. The molecule has 0 amide bonds. The Kier molecular flexibility index (Phi) is 4.64. The van der Waals surface area contributed by atoms with E-state index in [0.717, 1.165) is 14.8 Å². The second kappa shape index (κ2) is 6.48. The summed E-state index contributed by atoms with van der Waals surface area (Å²) in [4.78, 5) is 0. The van der Waals surface area contributed by atoms with E-state index >= 15 is 0 Å². The summed E-state index contributed by atoms with van der Waals surface area (Å²) in [6.07, 6.45) is 7.26. The van der Waals surface area contributed by atoms with Gasteiger partial charge in [0.15, 0.2) is 0 Å². The van der Waals surface area contributed by atoms with Crippen LogP contribution in [0.3, 0.4) is 0 Å². The monoisotopic (exact) mass is 396 g/mol. The molecule has 1 unspecified atom stereocenters. The minimum atomic E-state index is -0.483. The Bertz CT molecular complexity index is 617. The van der Waals surface area contributed by atoms with Crippen LogP contribution < -0.4 is 0 Å². The van der Waals surface area contributed by atoms with Gasteiger partial charge < -0.3 is 5.11 Å². The molecule has 1 fully saturated rings. The van der Waals surface area contributed by atoms with Gasteiger partial charge >= 0.3 is 0 Å². The number of aryl methyl sites for hydroxylation is 1. The number of hydrogen-bond donors (Lipinski definition) is 1. The van der Waals surface area contributed by atoms with Crippen molar-refractivity contribution in [3.05, 3.63) is 50.9 Å². The number of aliphatic hydroxyl groups excluding tert-OH is 1. The van der Waals surface area contributed by atoms with Crippen molar-refractivity contribution in [1.82, 2.24) is 9.78 Å². The Balaban J connectivity index is 1.72. The molecular formula is C17H21IN2O. The van der Waals surface area contributed by atoms with Gasteiger partial charge in [0.2, 0.25) is 0 Å². The number of halogens is 1. The zero-order valence-electron chi connectivity index (χ0n) is 12.3. The average molecular weight is 396 g/mol. The third-order valence-corrected chi connectivity index (χ3v) is 5.82. The van der Waals surface area contributed by atoms with Gasteiger partial charge in [0.25, 0.3) is 0 Å². The highest BCUT2D eigenvalue weighted by Gasteiger charge is 2.19. The molecular weight excluding hydrogens is 375 g/mol. The molecule has 1 heterocycles.